The Hall–Kier alpha value is -2.72. The number of carbonyl (C=O) groups excluding carboxylic acids is 1. The normalized spacial score (nSPS) is 18.1. The maximum atomic E-state index is 12.9. The van der Waals surface area contributed by atoms with Crippen LogP contribution in [-0.4, -0.2) is 21.8 Å². The van der Waals surface area contributed by atoms with Crippen LogP contribution in [0.1, 0.15) is 62.9 Å². The fourth-order valence-electron chi connectivity index (χ4n) is 5.21. The molecule has 1 aliphatic rings. The van der Waals surface area contributed by atoms with Gasteiger partial charge in [0.1, 0.15) is 12.4 Å². The van der Waals surface area contributed by atoms with Gasteiger partial charge in [-0.15, -0.1) is 0 Å². The van der Waals surface area contributed by atoms with Gasteiger partial charge in [-0.2, -0.15) is 0 Å². The van der Waals surface area contributed by atoms with Gasteiger partial charge in [0.15, 0.2) is 5.78 Å². The van der Waals surface area contributed by atoms with Crippen LogP contribution in [0.5, 0.6) is 5.75 Å². The van der Waals surface area contributed by atoms with Gasteiger partial charge >= 0.3 is 0 Å². The number of nitrogens with one attached hydrogen (secondary N) is 1. The van der Waals surface area contributed by atoms with Gasteiger partial charge in [0, 0.05) is 34.6 Å². The van der Waals surface area contributed by atoms with Crippen LogP contribution in [0.15, 0.2) is 60.8 Å². The predicted octanol–water partition coefficient (Wildman–Crippen LogP) is 5.94. The lowest BCUT2D eigenvalue weighted by Gasteiger charge is -2.46. The molecule has 1 fully saturated rings. The number of benzene rings is 2. The lowest BCUT2D eigenvalue weighted by molar-refractivity contribution is 0.0864. The molecule has 0 atom stereocenters. The Bertz CT molecular complexity index is 1050. The van der Waals surface area contributed by atoms with Crippen molar-refractivity contribution in [2.75, 3.05) is 0 Å². The number of aromatic nitrogens is 1. The first kappa shape index (κ1) is 21.5. The highest BCUT2D eigenvalue weighted by molar-refractivity contribution is 5.96. The van der Waals surface area contributed by atoms with E-state index in [9.17, 15) is 4.79 Å². The number of ketones is 1. The molecule has 3 aromatic rings. The second kappa shape index (κ2) is 8.43. The zero-order valence-corrected chi connectivity index (χ0v) is 18.9. The van der Waals surface area contributed by atoms with Crippen LogP contribution in [0, 0.1) is 5.92 Å². The van der Waals surface area contributed by atoms with Gasteiger partial charge in [0.05, 0.1) is 5.52 Å². The minimum atomic E-state index is 0.0605. The highest BCUT2D eigenvalue weighted by atomic mass is 16.5. The Balaban J connectivity index is 1.38. The average Bonchev–Trinajstić information content (AvgIpc) is 2.70. The van der Waals surface area contributed by atoms with Crippen molar-refractivity contribution in [3.8, 4) is 5.75 Å². The molecule has 0 aliphatic carbocycles. The van der Waals surface area contributed by atoms with Crippen LogP contribution < -0.4 is 10.1 Å². The molecule has 1 aliphatic heterocycles. The molecular weight excluding hydrogens is 384 g/mol. The van der Waals surface area contributed by atoms with Crippen LogP contribution in [0.25, 0.3) is 10.9 Å². The lowest BCUT2D eigenvalue weighted by Crippen LogP contribution is -2.57. The number of Topliss-reactive ketones (excluding diaryl/α,β-unsaturated/α-hetero) is 1. The minimum Gasteiger partial charge on any atom is -0.488 e. The average molecular weight is 417 g/mol. The van der Waals surface area contributed by atoms with Gasteiger partial charge in [-0.1, -0.05) is 30.3 Å². The highest BCUT2D eigenvalue weighted by Crippen LogP contribution is 2.35. The molecule has 4 rings (SSSR count). The van der Waals surface area contributed by atoms with Crippen LogP contribution in [0.3, 0.4) is 0 Å². The molecule has 1 saturated heterocycles. The van der Waals surface area contributed by atoms with Gasteiger partial charge in [0.25, 0.3) is 0 Å². The summed E-state index contributed by atoms with van der Waals surface area (Å²) >= 11 is 0. The van der Waals surface area contributed by atoms with Crippen molar-refractivity contribution in [3.05, 3.63) is 71.9 Å². The monoisotopic (exact) mass is 416 g/mol. The summed E-state index contributed by atoms with van der Waals surface area (Å²) in [4.78, 5) is 17.3. The van der Waals surface area contributed by atoms with Crippen LogP contribution in [-0.2, 0) is 6.61 Å². The standard InChI is InChI=1S/C27H32N2O2/c1-26(2)16-20(17-27(3,4)29-26)15-24(30)21-12-10-19(11-13-21)18-31-25-9-5-8-23-22(25)7-6-14-28-23/h5-14,20,29H,15-18H2,1-4H3. The second-order valence-electron chi connectivity index (χ2n) is 10.1. The molecular formula is C27H32N2O2. The minimum absolute atomic E-state index is 0.0605. The van der Waals surface area contributed by atoms with E-state index in [1.165, 1.54) is 0 Å². The first-order valence-corrected chi connectivity index (χ1v) is 11.1. The summed E-state index contributed by atoms with van der Waals surface area (Å²) in [5.41, 5.74) is 2.87. The first-order valence-electron chi connectivity index (χ1n) is 11.1. The van der Waals surface area contributed by atoms with E-state index in [2.05, 4.69) is 38.0 Å². The molecule has 0 bridgehead atoms. The molecule has 1 N–H and O–H groups in total. The van der Waals surface area contributed by atoms with Gasteiger partial charge in [0.2, 0.25) is 0 Å². The lowest BCUT2D eigenvalue weighted by atomic mass is 9.74. The Kier molecular flexibility index (Phi) is 5.85. The topological polar surface area (TPSA) is 51.2 Å². The van der Waals surface area contributed by atoms with Crippen LogP contribution in [0.4, 0.5) is 0 Å². The van der Waals surface area contributed by atoms with Crippen LogP contribution in [0.2, 0.25) is 0 Å². The third kappa shape index (κ3) is 5.31. The Morgan fingerprint density at radius 3 is 2.42 bits per heavy atom. The molecule has 4 nitrogen and oxygen atoms in total. The molecule has 2 aromatic carbocycles. The van der Waals surface area contributed by atoms with E-state index in [1.807, 2.05) is 54.6 Å². The number of ether oxygens (including phenoxy) is 1. The van der Waals surface area contributed by atoms with Crippen molar-refractivity contribution in [1.29, 1.82) is 0 Å². The van der Waals surface area contributed by atoms with E-state index in [0.29, 0.717) is 18.9 Å². The summed E-state index contributed by atoms with van der Waals surface area (Å²) in [5, 5.41) is 4.70. The Morgan fingerprint density at radius 1 is 1.00 bits per heavy atom. The van der Waals surface area contributed by atoms with E-state index >= 15 is 0 Å². The third-order valence-electron chi connectivity index (χ3n) is 6.02. The van der Waals surface area contributed by atoms with Gasteiger partial charge in [-0.3, -0.25) is 9.78 Å². The van der Waals surface area contributed by atoms with Gasteiger partial charge < -0.3 is 10.1 Å². The number of fused-ring (bicyclic) bond motifs is 1. The maximum absolute atomic E-state index is 12.9. The summed E-state index contributed by atoms with van der Waals surface area (Å²) in [6.07, 6.45) is 4.43. The summed E-state index contributed by atoms with van der Waals surface area (Å²) < 4.78 is 6.04. The number of hydrogen-bond donors (Lipinski definition) is 1. The Morgan fingerprint density at radius 2 is 1.71 bits per heavy atom. The van der Waals surface area contributed by atoms with Crippen LogP contribution >= 0.6 is 0 Å². The SMILES string of the molecule is CC1(C)CC(CC(=O)c2ccc(COc3cccc4ncccc34)cc2)CC(C)(C)N1. The molecule has 0 spiro atoms. The van der Waals surface area contributed by atoms with E-state index in [4.69, 9.17) is 4.74 Å². The molecule has 0 amide bonds. The maximum Gasteiger partial charge on any atom is 0.163 e. The van der Waals surface area contributed by atoms with E-state index in [1.54, 1.807) is 6.20 Å². The number of rotatable bonds is 6. The first-order chi connectivity index (χ1) is 14.7. The van der Waals surface area contributed by atoms with E-state index in [0.717, 1.165) is 40.6 Å². The van der Waals surface area contributed by atoms with Gasteiger partial charge in [-0.05, 0) is 76.3 Å². The second-order valence-corrected chi connectivity index (χ2v) is 10.1. The highest BCUT2D eigenvalue weighted by Gasteiger charge is 2.38. The zero-order chi connectivity index (χ0) is 22.1. The molecule has 2 heterocycles. The van der Waals surface area contributed by atoms with Crippen molar-refractivity contribution in [2.24, 2.45) is 5.92 Å². The van der Waals surface area contributed by atoms with Crippen molar-refractivity contribution in [1.82, 2.24) is 10.3 Å². The molecule has 0 unspecified atom stereocenters. The predicted molar refractivity (Wildman–Crippen MR) is 125 cm³/mol. The van der Waals surface area contributed by atoms with E-state index < -0.39 is 0 Å². The fraction of sp³-hybridized carbons (Fsp3) is 0.407. The zero-order valence-electron chi connectivity index (χ0n) is 18.9. The molecule has 1 aromatic heterocycles. The number of piperidine rings is 1. The van der Waals surface area contributed by atoms with Crippen molar-refractivity contribution >= 4 is 16.7 Å². The molecule has 0 saturated carbocycles. The number of nitrogens with zero attached hydrogens (tertiary/aromatic N) is 1. The van der Waals surface area contributed by atoms with E-state index in [-0.39, 0.29) is 16.9 Å². The van der Waals surface area contributed by atoms with Gasteiger partial charge in [-0.25, -0.2) is 0 Å². The number of pyridine rings is 1. The van der Waals surface area contributed by atoms with Crippen molar-refractivity contribution in [3.63, 3.8) is 0 Å². The summed E-state index contributed by atoms with van der Waals surface area (Å²) in [5.74, 6) is 1.45. The molecule has 162 valence electrons. The number of hydrogen-bond acceptors (Lipinski definition) is 4. The summed E-state index contributed by atoms with van der Waals surface area (Å²) in [6.45, 7) is 9.37. The summed E-state index contributed by atoms with van der Waals surface area (Å²) in [7, 11) is 0. The quantitative estimate of drug-likeness (QED) is 0.505. The summed E-state index contributed by atoms with van der Waals surface area (Å²) in [6, 6.07) is 17.7. The van der Waals surface area contributed by atoms with Crippen molar-refractivity contribution in [2.45, 2.75) is 64.6 Å². The molecule has 0 radical (unpaired) electrons. The number of carbonyl (C=O) groups is 1. The van der Waals surface area contributed by atoms with Crippen molar-refractivity contribution < 1.29 is 9.53 Å². The smallest absolute Gasteiger partial charge is 0.163 e. The largest absolute Gasteiger partial charge is 0.488 e. The molecule has 31 heavy (non-hydrogen) atoms. The third-order valence-corrected chi connectivity index (χ3v) is 6.02. The fourth-order valence-corrected chi connectivity index (χ4v) is 5.21. The molecule has 4 heteroatoms. The Labute approximate surface area is 185 Å².